The van der Waals surface area contributed by atoms with E-state index in [4.69, 9.17) is 18.6 Å². The molecule has 4 aromatic rings. The number of nitrogens with zero attached hydrogens (tertiary/aromatic N) is 2. The number of carbonyl (C=O) groups excluding carboxylic acids is 1. The van der Waals surface area contributed by atoms with Crippen LogP contribution in [0.5, 0.6) is 11.5 Å². The average Bonchev–Trinajstić information content (AvgIpc) is 3.68. The first kappa shape index (κ1) is 23.6. The highest BCUT2D eigenvalue weighted by Gasteiger charge is 2.54. The first-order valence-electron chi connectivity index (χ1n) is 12.6. The molecule has 0 amide bonds. The minimum atomic E-state index is -0.495. The first-order valence-corrected chi connectivity index (χ1v) is 12.6. The molecule has 37 heavy (non-hydrogen) atoms. The van der Waals surface area contributed by atoms with Gasteiger partial charge in [0.1, 0.15) is 11.8 Å². The lowest BCUT2D eigenvalue weighted by molar-refractivity contribution is -0.147. The largest absolute Gasteiger partial charge is 0.493 e. The smallest absolute Gasteiger partial charge is 0.325 e. The number of fused-ring (bicyclic) bond motifs is 4. The maximum Gasteiger partial charge on any atom is 0.325 e. The van der Waals surface area contributed by atoms with E-state index in [0.29, 0.717) is 18.0 Å². The van der Waals surface area contributed by atoms with Crippen LogP contribution in [0.25, 0.3) is 10.9 Å². The van der Waals surface area contributed by atoms with E-state index in [2.05, 4.69) is 51.3 Å². The predicted molar refractivity (Wildman–Crippen MR) is 139 cm³/mol. The molecule has 2 aromatic carbocycles. The number of hydrogen-bond donors (Lipinski definition) is 1. The number of hydrogen-bond acceptors (Lipinski definition) is 7. The SMILES string of the molecule is COC(=O)[C@@H]1[C@@H](c2ccco2)N(CCc2c[nH]c3ccccc23)[C@H]2c3cc(OC)c(OC)cc3CCN21. The van der Waals surface area contributed by atoms with Crippen molar-refractivity contribution in [1.82, 2.24) is 14.8 Å². The second-order valence-electron chi connectivity index (χ2n) is 9.54. The van der Waals surface area contributed by atoms with E-state index >= 15 is 0 Å². The molecule has 0 radical (unpaired) electrons. The van der Waals surface area contributed by atoms with Crippen molar-refractivity contribution in [3.05, 3.63) is 83.4 Å². The van der Waals surface area contributed by atoms with E-state index in [0.717, 1.165) is 36.2 Å². The van der Waals surface area contributed by atoms with Gasteiger partial charge >= 0.3 is 5.97 Å². The highest BCUT2D eigenvalue weighted by molar-refractivity contribution is 5.83. The van der Waals surface area contributed by atoms with Gasteiger partial charge in [-0.3, -0.25) is 14.6 Å². The van der Waals surface area contributed by atoms with Crippen LogP contribution in [-0.4, -0.2) is 61.2 Å². The van der Waals surface area contributed by atoms with Crippen LogP contribution in [-0.2, 0) is 22.4 Å². The van der Waals surface area contributed by atoms with Crippen molar-refractivity contribution in [1.29, 1.82) is 0 Å². The summed E-state index contributed by atoms with van der Waals surface area (Å²) in [6.07, 6.45) is 5.21. The Morgan fingerprint density at radius 3 is 2.65 bits per heavy atom. The van der Waals surface area contributed by atoms with Crippen molar-refractivity contribution < 1.29 is 23.4 Å². The van der Waals surface area contributed by atoms with Gasteiger partial charge in [-0.1, -0.05) is 18.2 Å². The molecule has 8 nitrogen and oxygen atoms in total. The van der Waals surface area contributed by atoms with Gasteiger partial charge in [-0.15, -0.1) is 0 Å². The summed E-state index contributed by atoms with van der Waals surface area (Å²) >= 11 is 0. The number of rotatable bonds is 7. The maximum atomic E-state index is 13.3. The highest BCUT2D eigenvalue weighted by Crippen LogP contribution is 2.50. The molecule has 1 N–H and O–H groups in total. The Morgan fingerprint density at radius 1 is 1.08 bits per heavy atom. The fourth-order valence-corrected chi connectivity index (χ4v) is 6.13. The highest BCUT2D eigenvalue weighted by atomic mass is 16.5. The third-order valence-electron chi connectivity index (χ3n) is 7.80. The molecule has 1 fully saturated rings. The van der Waals surface area contributed by atoms with Gasteiger partial charge in [-0.2, -0.15) is 0 Å². The molecule has 2 aliphatic rings. The minimum absolute atomic E-state index is 0.145. The van der Waals surface area contributed by atoms with Crippen LogP contribution in [0.2, 0.25) is 0 Å². The Morgan fingerprint density at radius 2 is 1.89 bits per heavy atom. The Labute approximate surface area is 215 Å². The zero-order chi connectivity index (χ0) is 25.5. The molecule has 4 heterocycles. The van der Waals surface area contributed by atoms with E-state index in [1.807, 2.05) is 18.2 Å². The van der Waals surface area contributed by atoms with E-state index in [-0.39, 0.29) is 18.2 Å². The van der Waals surface area contributed by atoms with Gasteiger partial charge in [0.15, 0.2) is 11.5 Å². The van der Waals surface area contributed by atoms with Gasteiger partial charge in [0.25, 0.3) is 0 Å². The summed E-state index contributed by atoms with van der Waals surface area (Å²) in [5, 5.41) is 1.22. The number of aromatic nitrogens is 1. The summed E-state index contributed by atoms with van der Waals surface area (Å²) in [5.74, 6) is 1.89. The van der Waals surface area contributed by atoms with Gasteiger partial charge in [0, 0.05) is 30.2 Å². The normalized spacial score (nSPS) is 21.5. The summed E-state index contributed by atoms with van der Waals surface area (Å²) in [4.78, 5) is 21.3. The number of furan rings is 1. The van der Waals surface area contributed by atoms with Gasteiger partial charge in [-0.05, 0) is 59.9 Å². The minimum Gasteiger partial charge on any atom is -0.493 e. The van der Waals surface area contributed by atoms with E-state index < -0.39 is 6.04 Å². The number of para-hydroxylation sites is 1. The quantitative estimate of drug-likeness (QED) is 0.374. The van der Waals surface area contributed by atoms with E-state index in [9.17, 15) is 4.79 Å². The summed E-state index contributed by atoms with van der Waals surface area (Å²) in [7, 11) is 4.76. The number of ether oxygens (including phenoxy) is 3. The molecule has 0 saturated carbocycles. The van der Waals surface area contributed by atoms with Crippen molar-refractivity contribution in [2.24, 2.45) is 0 Å². The lowest BCUT2D eigenvalue weighted by Gasteiger charge is -2.37. The van der Waals surface area contributed by atoms with Crippen molar-refractivity contribution in [2.75, 3.05) is 34.4 Å². The molecule has 0 bridgehead atoms. The molecular formula is C29H31N3O5. The van der Waals surface area contributed by atoms with Crippen LogP contribution >= 0.6 is 0 Å². The fourth-order valence-electron chi connectivity index (χ4n) is 6.13. The monoisotopic (exact) mass is 501 g/mol. The number of nitrogens with one attached hydrogen (secondary N) is 1. The molecule has 6 rings (SSSR count). The number of benzene rings is 2. The number of aromatic amines is 1. The summed E-state index contributed by atoms with van der Waals surface area (Å²) in [6.45, 7) is 1.43. The Hall–Kier alpha value is -3.75. The van der Waals surface area contributed by atoms with Crippen molar-refractivity contribution >= 4 is 16.9 Å². The van der Waals surface area contributed by atoms with Crippen molar-refractivity contribution in [3.63, 3.8) is 0 Å². The topological polar surface area (TPSA) is 80.2 Å². The molecule has 0 aliphatic carbocycles. The molecule has 0 unspecified atom stereocenters. The number of carbonyl (C=O) groups is 1. The van der Waals surface area contributed by atoms with Crippen molar-refractivity contribution in [3.8, 4) is 11.5 Å². The maximum absolute atomic E-state index is 13.3. The fraction of sp³-hybridized carbons (Fsp3) is 0.345. The second kappa shape index (κ2) is 9.61. The van der Waals surface area contributed by atoms with Crippen LogP contribution in [0.1, 0.15) is 34.7 Å². The number of esters is 1. The molecule has 8 heteroatoms. The molecule has 192 valence electrons. The third-order valence-corrected chi connectivity index (χ3v) is 7.80. The second-order valence-corrected chi connectivity index (χ2v) is 9.54. The Balaban J connectivity index is 1.46. The molecule has 2 aliphatic heterocycles. The van der Waals surface area contributed by atoms with E-state index in [1.165, 1.54) is 23.6 Å². The zero-order valence-electron chi connectivity index (χ0n) is 21.3. The van der Waals surface area contributed by atoms with Crippen LogP contribution in [0.4, 0.5) is 0 Å². The van der Waals surface area contributed by atoms with Crippen molar-refractivity contribution in [2.45, 2.75) is 31.1 Å². The van der Waals surface area contributed by atoms with Gasteiger partial charge < -0.3 is 23.6 Å². The Kier molecular flexibility index (Phi) is 6.14. The lowest BCUT2D eigenvalue weighted by atomic mass is 9.95. The standard InChI is InChI=1S/C29H31N3O5/c1-34-24-15-18-10-12-32-27(29(33)36-3)26(23-9-6-14-37-23)31(28(32)21(18)16-25(24)35-2)13-11-19-17-30-22-8-5-4-7-20(19)22/h4-9,14-17,26-28,30H,10-13H2,1-3H3/t26-,27+,28-/m1/s1. The van der Waals surface area contributed by atoms with E-state index in [1.54, 1.807) is 20.5 Å². The summed E-state index contributed by atoms with van der Waals surface area (Å²) in [5.41, 5.74) is 4.67. The molecule has 2 aromatic heterocycles. The molecule has 3 atom stereocenters. The Bertz CT molecular complexity index is 1410. The predicted octanol–water partition coefficient (Wildman–Crippen LogP) is 4.48. The van der Waals surface area contributed by atoms with Crippen LogP contribution < -0.4 is 9.47 Å². The molecule has 0 spiro atoms. The number of H-pyrrole nitrogens is 1. The number of methoxy groups -OCH3 is 3. The molecular weight excluding hydrogens is 470 g/mol. The van der Waals surface area contributed by atoms with Crippen LogP contribution in [0.15, 0.2) is 65.4 Å². The van der Waals surface area contributed by atoms with Crippen LogP contribution in [0.3, 0.4) is 0 Å². The average molecular weight is 502 g/mol. The zero-order valence-corrected chi connectivity index (χ0v) is 21.3. The van der Waals surface area contributed by atoms with Gasteiger partial charge in [0.05, 0.1) is 39.8 Å². The van der Waals surface area contributed by atoms with Gasteiger partial charge in [-0.25, -0.2) is 0 Å². The molecule has 1 saturated heterocycles. The summed E-state index contributed by atoms with van der Waals surface area (Å²) in [6, 6.07) is 15.5. The summed E-state index contributed by atoms with van der Waals surface area (Å²) < 4.78 is 22.5. The lowest BCUT2D eigenvalue weighted by Crippen LogP contribution is -2.43. The first-order chi connectivity index (χ1) is 18.1. The van der Waals surface area contributed by atoms with Crippen LogP contribution in [0, 0.1) is 0 Å². The van der Waals surface area contributed by atoms with Gasteiger partial charge in [0.2, 0.25) is 0 Å². The third kappa shape index (κ3) is 3.88.